The maximum Gasteiger partial charge on any atom is 0.337 e. The summed E-state index contributed by atoms with van der Waals surface area (Å²) in [5, 5.41) is 3.38. The molecule has 4 nitrogen and oxygen atoms in total. The number of aryl methyl sites for hydroxylation is 1. The van der Waals surface area contributed by atoms with Crippen molar-refractivity contribution in [1.82, 2.24) is 5.43 Å². The first kappa shape index (κ1) is 13.2. The van der Waals surface area contributed by atoms with Crippen molar-refractivity contribution in [2.24, 2.45) is 0 Å². The summed E-state index contributed by atoms with van der Waals surface area (Å²) in [7, 11) is 0. The summed E-state index contributed by atoms with van der Waals surface area (Å²) in [6.45, 7) is 1.88. The maximum absolute atomic E-state index is 11.7. The molecule has 2 rings (SSSR count). The minimum absolute atomic E-state index is 0.339. The number of para-hydroxylation sites is 1. The molecule has 0 spiro atoms. The van der Waals surface area contributed by atoms with Gasteiger partial charge in [0.1, 0.15) is 0 Å². The molecule has 0 saturated carbocycles. The fourth-order valence-corrected chi connectivity index (χ4v) is 1.80. The third kappa shape index (κ3) is 3.89. The van der Waals surface area contributed by atoms with Crippen LogP contribution in [0.25, 0.3) is 0 Å². The van der Waals surface area contributed by atoms with E-state index in [1.54, 1.807) is 18.2 Å². The third-order valence-corrected chi connectivity index (χ3v) is 2.77. The molecule has 0 aliphatic carbocycles. The van der Waals surface area contributed by atoms with Crippen LogP contribution in [0, 0.1) is 6.92 Å². The first-order valence-electron chi connectivity index (χ1n) is 5.79. The van der Waals surface area contributed by atoms with E-state index in [0.717, 1.165) is 16.9 Å². The van der Waals surface area contributed by atoms with Gasteiger partial charge in [0, 0.05) is 10.7 Å². The summed E-state index contributed by atoms with van der Waals surface area (Å²) in [6.07, 6.45) is 0. The normalized spacial score (nSPS) is 9.79. The van der Waals surface area contributed by atoms with E-state index < -0.39 is 0 Å². The number of carbonyl (C=O) groups is 1. The fraction of sp³-hybridized carbons (Fsp3) is 0.0714. The lowest BCUT2D eigenvalue weighted by Gasteiger charge is -2.11. The molecule has 0 atom stereocenters. The zero-order valence-electron chi connectivity index (χ0n) is 10.4. The number of hydrogen-bond acceptors (Lipinski definition) is 2. The van der Waals surface area contributed by atoms with Gasteiger partial charge >= 0.3 is 6.03 Å². The molecule has 98 valence electrons. The van der Waals surface area contributed by atoms with Gasteiger partial charge < -0.3 is 5.32 Å². The molecule has 5 heteroatoms. The molecule has 0 unspecified atom stereocenters. The molecule has 2 amide bonds. The number of nitrogens with one attached hydrogen (secondary N) is 3. The molecular formula is C14H14ClN3O. The van der Waals surface area contributed by atoms with E-state index in [9.17, 15) is 4.79 Å². The lowest BCUT2D eigenvalue weighted by atomic mass is 10.2. The number of halogens is 1. The van der Waals surface area contributed by atoms with Crippen LogP contribution in [0.2, 0.25) is 5.02 Å². The summed E-state index contributed by atoms with van der Waals surface area (Å²) >= 11 is 5.85. The van der Waals surface area contributed by atoms with Crippen molar-refractivity contribution in [2.45, 2.75) is 6.92 Å². The summed E-state index contributed by atoms with van der Waals surface area (Å²) in [5.74, 6) is 0. The minimum Gasteiger partial charge on any atom is -0.306 e. The molecule has 2 aromatic rings. The van der Waals surface area contributed by atoms with Crippen molar-refractivity contribution in [3.05, 3.63) is 59.1 Å². The molecule has 2 aromatic carbocycles. The van der Waals surface area contributed by atoms with Gasteiger partial charge in [0.05, 0.1) is 5.69 Å². The standard InChI is InChI=1S/C14H14ClN3O/c1-10-9-11(15)7-8-13(10)16-14(19)18-17-12-5-3-2-4-6-12/h2-9,17H,1H3,(H2,16,18,19). The van der Waals surface area contributed by atoms with E-state index in [-0.39, 0.29) is 6.03 Å². The highest BCUT2D eigenvalue weighted by molar-refractivity contribution is 6.30. The Morgan fingerprint density at radius 3 is 2.53 bits per heavy atom. The third-order valence-electron chi connectivity index (χ3n) is 2.53. The van der Waals surface area contributed by atoms with Crippen LogP contribution in [0.5, 0.6) is 0 Å². The summed E-state index contributed by atoms with van der Waals surface area (Å²) in [5.41, 5.74) is 7.80. The van der Waals surface area contributed by atoms with E-state index in [0.29, 0.717) is 5.02 Å². The number of amides is 2. The summed E-state index contributed by atoms with van der Waals surface area (Å²) in [4.78, 5) is 11.7. The predicted molar refractivity (Wildman–Crippen MR) is 78.4 cm³/mol. The van der Waals surface area contributed by atoms with E-state index in [1.807, 2.05) is 37.3 Å². The summed E-state index contributed by atoms with van der Waals surface area (Å²) in [6, 6.07) is 14.3. The molecule has 3 N–H and O–H groups in total. The Bertz CT molecular complexity index is 572. The van der Waals surface area contributed by atoms with E-state index >= 15 is 0 Å². The predicted octanol–water partition coefficient (Wildman–Crippen LogP) is 3.80. The van der Waals surface area contributed by atoms with Crippen LogP contribution in [0.15, 0.2) is 48.5 Å². The Morgan fingerprint density at radius 1 is 1.11 bits per heavy atom. The van der Waals surface area contributed by atoms with Gasteiger partial charge in [0.2, 0.25) is 0 Å². The topological polar surface area (TPSA) is 53.2 Å². The highest BCUT2D eigenvalue weighted by Crippen LogP contribution is 2.19. The van der Waals surface area contributed by atoms with Crippen molar-refractivity contribution in [2.75, 3.05) is 10.7 Å². The highest BCUT2D eigenvalue weighted by atomic mass is 35.5. The van der Waals surface area contributed by atoms with Crippen LogP contribution in [0.1, 0.15) is 5.56 Å². The molecule has 0 heterocycles. The highest BCUT2D eigenvalue weighted by Gasteiger charge is 2.04. The quantitative estimate of drug-likeness (QED) is 0.747. The zero-order chi connectivity index (χ0) is 13.7. The monoisotopic (exact) mass is 275 g/mol. The van der Waals surface area contributed by atoms with Crippen LogP contribution in [0.3, 0.4) is 0 Å². The first-order chi connectivity index (χ1) is 9.15. The van der Waals surface area contributed by atoms with Crippen LogP contribution < -0.4 is 16.2 Å². The van der Waals surface area contributed by atoms with Gasteiger partial charge in [-0.25, -0.2) is 4.79 Å². The average Bonchev–Trinajstić information content (AvgIpc) is 2.41. The van der Waals surface area contributed by atoms with E-state index in [2.05, 4.69) is 16.2 Å². The number of benzene rings is 2. The maximum atomic E-state index is 11.7. The van der Waals surface area contributed by atoms with Gasteiger partial charge in [0.15, 0.2) is 0 Å². The molecule has 0 saturated heterocycles. The number of hydrogen-bond donors (Lipinski definition) is 3. The molecule has 0 bridgehead atoms. The summed E-state index contributed by atoms with van der Waals surface area (Å²) < 4.78 is 0. The number of carbonyl (C=O) groups excluding carboxylic acids is 1. The van der Waals surface area contributed by atoms with Crippen molar-refractivity contribution in [3.8, 4) is 0 Å². The van der Waals surface area contributed by atoms with Crippen LogP contribution in [-0.2, 0) is 0 Å². The van der Waals surface area contributed by atoms with E-state index in [1.165, 1.54) is 0 Å². The van der Waals surface area contributed by atoms with Crippen LogP contribution in [-0.4, -0.2) is 6.03 Å². The van der Waals surface area contributed by atoms with Crippen molar-refractivity contribution in [1.29, 1.82) is 0 Å². The molecule has 0 radical (unpaired) electrons. The molecule has 0 aliphatic rings. The zero-order valence-corrected chi connectivity index (χ0v) is 11.2. The van der Waals surface area contributed by atoms with Gasteiger partial charge in [-0.3, -0.25) is 10.9 Å². The number of rotatable bonds is 3. The molecule has 0 aliphatic heterocycles. The lowest BCUT2D eigenvalue weighted by Crippen LogP contribution is -2.33. The smallest absolute Gasteiger partial charge is 0.306 e. The Hall–Kier alpha value is -2.20. The van der Waals surface area contributed by atoms with Crippen LogP contribution in [0.4, 0.5) is 16.2 Å². The number of hydrazine groups is 1. The molecule has 0 fully saturated rings. The SMILES string of the molecule is Cc1cc(Cl)ccc1NC(=O)NNc1ccccc1. The van der Waals surface area contributed by atoms with Crippen molar-refractivity contribution < 1.29 is 4.79 Å². The lowest BCUT2D eigenvalue weighted by molar-refractivity contribution is 0.254. The number of urea groups is 1. The average molecular weight is 276 g/mol. The first-order valence-corrected chi connectivity index (χ1v) is 6.17. The largest absolute Gasteiger partial charge is 0.337 e. The van der Waals surface area contributed by atoms with Crippen LogP contribution >= 0.6 is 11.6 Å². The Labute approximate surface area is 116 Å². The molecule has 0 aromatic heterocycles. The molecular weight excluding hydrogens is 262 g/mol. The van der Waals surface area contributed by atoms with Gasteiger partial charge in [-0.1, -0.05) is 29.8 Å². The van der Waals surface area contributed by atoms with Gasteiger partial charge in [-0.15, -0.1) is 0 Å². The fourth-order valence-electron chi connectivity index (χ4n) is 1.57. The van der Waals surface area contributed by atoms with Crippen molar-refractivity contribution >= 4 is 29.0 Å². The van der Waals surface area contributed by atoms with Gasteiger partial charge in [-0.2, -0.15) is 0 Å². The number of anilines is 2. The second kappa shape index (κ2) is 6.11. The minimum atomic E-state index is -0.339. The second-order valence-corrected chi connectivity index (χ2v) is 4.47. The second-order valence-electron chi connectivity index (χ2n) is 4.03. The Morgan fingerprint density at radius 2 is 1.84 bits per heavy atom. The van der Waals surface area contributed by atoms with Gasteiger partial charge in [0.25, 0.3) is 0 Å². The Kier molecular flexibility index (Phi) is 4.26. The van der Waals surface area contributed by atoms with E-state index in [4.69, 9.17) is 11.6 Å². The molecule has 19 heavy (non-hydrogen) atoms. The van der Waals surface area contributed by atoms with Gasteiger partial charge in [-0.05, 0) is 42.8 Å². The Balaban J connectivity index is 1.91. The van der Waals surface area contributed by atoms with Crippen molar-refractivity contribution in [3.63, 3.8) is 0 Å².